The van der Waals surface area contributed by atoms with Gasteiger partial charge < -0.3 is 20.1 Å². The Morgan fingerprint density at radius 1 is 1.10 bits per heavy atom. The maximum atomic E-state index is 11.8. The summed E-state index contributed by atoms with van der Waals surface area (Å²) in [7, 11) is 3.21. The number of carbonyl (C=O) groups is 1. The lowest BCUT2D eigenvalue weighted by molar-refractivity contribution is -0.122. The van der Waals surface area contributed by atoms with Crippen molar-refractivity contribution in [2.45, 2.75) is 12.8 Å². The van der Waals surface area contributed by atoms with Crippen LogP contribution in [0.2, 0.25) is 0 Å². The van der Waals surface area contributed by atoms with Crippen molar-refractivity contribution >= 4 is 22.6 Å². The largest absolute Gasteiger partial charge is 0.493 e. The van der Waals surface area contributed by atoms with Gasteiger partial charge in [-0.05, 0) is 18.9 Å². The van der Waals surface area contributed by atoms with E-state index in [4.69, 9.17) is 25.2 Å². The summed E-state index contributed by atoms with van der Waals surface area (Å²) in [5, 5.41) is 0.854. The van der Waals surface area contributed by atoms with E-state index < -0.39 is 0 Å². The van der Waals surface area contributed by atoms with Crippen LogP contribution in [-0.2, 0) is 4.79 Å². The molecule has 1 fully saturated rings. The second-order valence-corrected chi connectivity index (χ2v) is 7.15. The van der Waals surface area contributed by atoms with Crippen LogP contribution in [0.15, 0.2) is 42.5 Å². The Kier molecular flexibility index (Phi) is 5.20. The number of benzene rings is 2. The molecule has 29 heavy (non-hydrogen) atoms. The van der Waals surface area contributed by atoms with E-state index in [1.54, 1.807) is 14.2 Å². The van der Waals surface area contributed by atoms with E-state index in [1.165, 1.54) is 0 Å². The van der Waals surface area contributed by atoms with Gasteiger partial charge in [0, 0.05) is 30.1 Å². The van der Waals surface area contributed by atoms with E-state index in [0.29, 0.717) is 23.9 Å². The second kappa shape index (κ2) is 7.95. The molecule has 1 atom stereocenters. The van der Waals surface area contributed by atoms with Gasteiger partial charge >= 0.3 is 0 Å². The molecule has 1 aromatic heterocycles. The van der Waals surface area contributed by atoms with Crippen LogP contribution >= 0.6 is 0 Å². The molecule has 150 valence electrons. The fraction of sp³-hybridized carbons (Fsp3) is 0.318. The van der Waals surface area contributed by atoms with Gasteiger partial charge in [0.15, 0.2) is 17.3 Å². The number of hydrogen-bond donors (Lipinski definition) is 1. The van der Waals surface area contributed by atoms with Crippen LogP contribution < -0.4 is 20.1 Å². The topological polar surface area (TPSA) is 90.6 Å². The molecule has 2 N–H and O–H groups in total. The molecule has 4 rings (SSSR count). The molecule has 1 amide bonds. The van der Waals surface area contributed by atoms with Crippen molar-refractivity contribution in [3.8, 4) is 22.9 Å². The molecule has 0 unspecified atom stereocenters. The average molecular weight is 392 g/mol. The van der Waals surface area contributed by atoms with Crippen LogP contribution in [0.1, 0.15) is 12.8 Å². The maximum Gasteiger partial charge on any atom is 0.222 e. The number of amides is 1. The van der Waals surface area contributed by atoms with Gasteiger partial charge in [0.2, 0.25) is 5.91 Å². The van der Waals surface area contributed by atoms with Gasteiger partial charge in [-0.1, -0.05) is 30.3 Å². The molecule has 1 aliphatic rings. The Morgan fingerprint density at radius 3 is 2.52 bits per heavy atom. The van der Waals surface area contributed by atoms with Gasteiger partial charge in [0.05, 0.1) is 25.7 Å². The second-order valence-electron chi connectivity index (χ2n) is 7.15. The number of rotatable bonds is 5. The highest BCUT2D eigenvalue weighted by atomic mass is 16.5. The molecule has 1 aliphatic heterocycles. The lowest BCUT2D eigenvalue weighted by Gasteiger charge is -2.33. The van der Waals surface area contributed by atoms with Gasteiger partial charge in [0.25, 0.3) is 0 Å². The number of nitrogens with zero attached hydrogens (tertiary/aromatic N) is 3. The highest BCUT2D eigenvalue weighted by Crippen LogP contribution is 2.37. The predicted molar refractivity (Wildman–Crippen MR) is 112 cm³/mol. The normalized spacial score (nSPS) is 16.6. The molecule has 0 radical (unpaired) electrons. The highest BCUT2D eigenvalue weighted by Gasteiger charge is 2.27. The Morgan fingerprint density at radius 2 is 1.83 bits per heavy atom. The molecular weight excluding hydrogens is 368 g/mol. The number of hydrogen-bond acceptors (Lipinski definition) is 6. The molecule has 2 aromatic carbocycles. The van der Waals surface area contributed by atoms with Crippen LogP contribution in [0, 0.1) is 5.92 Å². The summed E-state index contributed by atoms with van der Waals surface area (Å²) in [5.74, 6) is 2.17. The molecule has 7 nitrogen and oxygen atoms in total. The number of fused-ring (bicyclic) bond motifs is 1. The molecule has 3 aromatic rings. The summed E-state index contributed by atoms with van der Waals surface area (Å²) in [6.07, 6.45) is 1.69. The SMILES string of the molecule is COc1cc2nc(-c3ccccc3)nc(N3CCC[C@H](C(N)=O)C3)c2cc1OC. The summed E-state index contributed by atoms with van der Waals surface area (Å²) in [6.45, 7) is 1.35. The van der Waals surface area contributed by atoms with Crippen molar-refractivity contribution in [1.82, 2.24) is 9.97 Å². The van der Waals surface area contributed by atoms with Crippen LogP contribution in [-0.4, -0.2) is 43.2 Å². The van der Waals surface area contributed by atoms with E-state index in [-0.39, 0.29) is 11.8 Å². The minimum Gasteiger partial charge on any atom is -0.493 e. The molecule has 0 aliphatic carbocycles. The molecule has 1 saturated heterocycles. The van der Waals surface area contributed by atoms with Crippen LogP contribution in [0.3, 0.4) is 0 Å². The molecule has 0 spiro atoms. The van der Waals surface area contributed by atoms with Gasteiger partial charge in [-0.15, -0.1) is 0 Å². The summed E-state index contributed by atoms with van der Waals surface area (Å²) in [4.78, 5) is 23.6. The number of piperidine rings is 1. The molecular formula is C22H24N4O3. The number of primary amides is 1. The molecule has 2 heterocycles. The van der Waals surface area contributed by atoms with Gasteiger partial charge in [-0.3, -0.25) is 4.79 Å². The quantitative estimate of drug-likeness (QED) is 0.718. The summed E-state index contributed by atoms with van der Waals surface area (Å²) in [6, 6.07) is 13.6. The highest BCUT2D eigenvalue weighted by molar-refractivity contribution is 5.94. The number of anilines is 1. The van der Waals surface area contributed by atoms with Crippen LogP contribution in [0.5, 0.6) is 11.5 Å². The third kappa shape index (κ3) is 3.68. The third-order valence-corrected chi connectivity index (χ3v) is 5.34. The van der Waals surface area contributed by atoms with E-state index in [9.17, 15) is 4.79 Å². The van der Waals surface area contributed by atoms with Crippen molar-refractivity contribution in [2.24, 2.45) is 11.7 Å². The van der Waals surface area contributed by atoms with E-state index in [1.807, 2.05) is 42.5 Å². The third-order valence-electron chi connectivity index (χ3n) is 5.34. The number of aromatic nitrogens is 2. The first-order chi connectivity index (χ1) is 14.1. The predicted octanol–water partition coefficient (Wildman–Crippen LogP) is 3.02. The number of methoxy groups -OCH3 is 2. The number of ether oxygens (including phenoxy) is 2. The van der Waals surface area contributed by atoms with Crippen molar-refractivity contribution in [3.05, 3.63) is 42.5 Å². The van der Waals surface area contributed by atoms with Crippen LogP contribution in [0.25, 0.3) is 22.3 Å². The monoisotopic (exact) mass is 392 g/mol. The number of carbonyl (C=O) groups excluding carboxylic acids is 1. The van der Waals surface area contributed by atoms with Crippen molar-refractivity contribution < 1.29 is 14.3 Å². The lowest BCUT2D eigenvalue weighted by Crippen LogP contribution is -2.41. The Balaban J connectivity index is 1.91. The van der Waals surface area contributed by atoms with Gasteiger partial charge in [-0.25, -0.2) is 9.97 Å². The fourth-order valence-corrected chi connectivity index (χ4v) is 3.80. The van der Waals surface area contributed by atoms with Gasteiger partial charge in [0.1, 0.15) is 5.82 Å². The Labute approximate surface area is 169 Å². The summed E-state index contributed by atoms with van der Waals surface area (Å²) in [5.41, 5.74) is 7.27. The van der Waals surface area contributed by atoms with E-state index in [0.717, 1.165) is 41.7 Å². The van der Waals surface area contributed by atoms with E-state index >= 15 is 0 Å². The van der Waals surface area contributed by atoms with Crippen molar-refractivity contribution in [1.29, 1.82) is 0 Å². The fourth-order valence-electron chi connectivity index (χ4n) is 3.80. The smallest absolute Gasteiger partial charge is 0.222 e. The zero-order chi connectivity index (χ0) is 20.4. The minimum atomic E-state index is -0.268. The first-order valence-corrected chi connectivity index (χ1v) is 9.64. The first-order valence-electron chi connectivity index (χ1n) is 9.64. The molecule has 7 heteroatoms. The molecule has 0 bridgehead atoms. The van der Waals surface area contributed by atoms with E-state index in [2.05, 4.69) is 4.90 Å². The summed E-state index contributed by atoms with van der Waals surface area (Å²) >= 11 is 0. The van der Waals surface area contributed by atoms with Gasteiger partial charge in [-0.2, -0.15) is 0 Å². The maximum absolute atomic E-state index is 11.8. The standard InChI is InChI=1S/C22H24N4O3/c1-28-18-11-16-17(12-19(18)29-2)24-21(14-7-4-3-5-8-14)25-22(16)26-10-6-9-15(13-26)20(23)27/h3-5,7-8,11-12,15H,6,9-10,13H2,1-2H3,(H2,23,27)/t15-/m0/s1. The van der Waals surface area contributed by atoms with Crippen molar-refractivity contribution in [2.75, 3.05) is 32.2 Å². The van der Waals surface area contributed by atoms with Crippen LogP contribution in [0.4, 0.5) is 5.82 Å². The van der Waals surface area contributed by atoms with Crippen molar-refractivity contribution in [3.63, 3.8) is 0 Å². The first kappa shape index (κ1) is 19.0. The average Bonchev–Trinajstić information content (AvgIpc) is 2.77. The zero-order valence-electron chi connectivity index (χ0n) is 16.6. The number of nitrogens with two attached hydrogens (primary N) is 1. The zero-order valence-corrected chi connectivity index (χ0v) is 16.6. The summed E-state index contributed by atoms with van der Waals surface area (Å²) < 4.78 is 11.0. The Hall–Kier alpha value is -3.35. The minimum absolute atomic E-state index is 0.186. The Bertz CT molecular complexity index is 1040. The molecule has 0 saturated carbocycles. The lowest BCUT2D eigenvalue weighted by atomic mass is 9.97.